The molecule has 0 aromatic rings. The number of hydrogen-bond donors (Lipinski definition) is 0. The lowest BCUT2D eigenvalue weighted by Gasteiger charge is -2.43. The third-order valence-electron chi connectivity index (χ3n) is 3.06. The summed E-state index contributed by atoms with van der Waals surface area (Å²) in [5, 5.41) is 0. The van der Waals surface area contributed by atoms with Gasteiger partial charge in [-0.15, -0.1) is 0 Å². The zero-order chi connectivity index (χ0) is 18.6. The van der Waals surface area contributed by atoms with E-state index in [0.29, 0.717) is 0 Å². The molecule has 4 atom stereocenters. The number of carbonyl (C=O) groups is 5. The second-order valence-corrected chi connectivity index (χ2v) is 5.13. The van der Waals surface area contributed by atoms with Gasteiger partial charge in [0.2, 0.25) is 12.3 Å². The number of piperidine rings is 1. The zero-order valence-corrected chi connectivity index (χ0v) is 13.9. The molecule has 1 saturated heterocycles. The Morgan fingerprint density at radius 1 is 0.750 bits per heavy atom. The van der Waals surface area contributed by atoms with Gasteiger partial charge >= 0.3 is 23.9 Å². The predicted molar refractivity (Wildman–Crippen MR) is 75.0 cm³/mol. The number of rotatable bonds is 4. The van der Waals surface area contributed by atoms with Crippen LogP contribution in [-0.2, 0) is 42.9 Å². The molecule has 24 heavy (non-hydrogen) atoms. The van der Waals surface area contributed by atoms with Gasteiger partial charge in [0, 0.05) is 34.7 Å². The Morgan fingerprint density at radius 2 is 1.17 bits per heavy atom. The van der Waals surface area contributed by atoms with Crippen molar-refractivity contribution < 1.29 is 42.9 Å². The molecule has 0 aliphatic carbocycles. The minimum atomic E-state index is -1.53. The topological polar surface area (TPSA) is 126 Å². The highest BCUT2D eigenvalue weighted by Crippen LogP contribution is 2.27. The van der Waals surface area contributed by atoms with Crippen LogP contribution >= 0.6 is 0 Å². The molecule has 134 valence electrons. The van der Waals surface area contributed by atoms with E-state index in [1.54, 1.807) is 0 Å². The van der Waals surface area contributed by atoms with E-state index in [2.05, 4.69) is 0 Å². The van der Waals surface area contributed by atoms with Crippen LogP contribution in [0.1, 0.15) is 27.7 Å². The van der Waals surface area contributed by atoms with Gasteiger partial charge in [0.05, 0.1) is 0 Å². The van der Waals surface area contributed by atoms with E-state index in [-0.39, 0.29) is 0 Å². The van der Waals surface area contributed by atoms with Crippen molar-refractivity contribution in [3.05, 3.63) is 0 Å². The van der Waals surface area contributed by atoms with Crippen molar-refractivity contribution in [1.29, 1.82) is 0 Å². The van der Waals surface area contributed by atoms with Gasteiger partial charge in [0.25, 0.3) is 5.91 Å². The van der Waals surface area contributed by atoms with Crippen LogP contribution < -0.4 is 0 Å². The summed E-state index contributed by atoms with van der Waals surface area (Å²) in [5.74, 6) is -3.88. The molecule has 0 bridgehead atoms. The van der Waals surface area contributed by atoms with E-state index in [1.807, 2.05) is 0 Å². The highest BCUT2D eigenvalue weighted by atomic mass is 16.6. The molecule has 1 aliphatic heterocycles. The molecule has 10 nitrogen and oxygen atoms in total. The van der Waals surface area contributed by atoms with Crippen LogP contribution in [0.4, 0.5) is 0 Å². The van der Waals surface area contributed by atoms with Crippen molar-refractivity contribution in [3.63, 3.8) is 0 Å². The van der Waals surface area contributed by atoms with Crippen LogP contribution in [0.25, 0.3) is 0 Å². The summed E-state index contributed by atoms with van der Waals surface area (Å²) in [5.41, 5.74) is 0. The van der Waals surface area contributed by atoms with E-state index in [0.717, 1.165) is 32.6 Å². The van der Waals surface area contributed by atoms with Crippen molar-refractivity contribution >= 4 is 29.8 Å². The van der Waals surface area contributed by atoms with Gasteiger partial charge in [-0.05, 0) is 0 Å². The van der Waals surface area contributed by atoms with Crippen LogP contribution in [0, 0.1) is 0 Å². The summed E-state index contributed by atoms with van der Waals surface area (Å²) in [6.45, 7) is 4.32. The lowest BCUT2D eigenvalue weighted by molar-refractivity contribution is -0.231. The van der Waals surface area contributed by atoms with E-state index in [1.165, 1.54) is 7.05 Å². The fourth-order valence-corrected chi connectivity index (χ4v) is 2.27. The molecule has 0 N–H and O–H groups in total. The van der Waals surface area contributed by atoms with Crippen LogP contribution in [0.2, 0.25) is 0 Å². The zero-order valence-electron chi connectivity index (χ0n) is 13.9. The molecule has 0 aromatic heterocycles. The molecule has 0 radical (unpaired) electrons. The summed E-state index contributed by atoms with van der Waals surface area (Å²) in [4.78, 5) is 58.6. The maximum absolute atomic E-state index is 12.4. The van der Waals surface area contributed by atoms with Crippen molar-refractivity contribution in [2.45, 2.75) is 52.2 Å². The quantitative estimate of drug-likeness (QED) is 0.472. The summed E-state index contributed by atoms with van der Waals surface area (Å²) in [7, 11) is 1.27. The normalized spacial score (nSPS) is 26.4. The van der Waals surface area contributed by atoms with Crippen molar-refractivity contribution in [2.24, 2.45) is 0 Å². The fourth-order valence-electron chi connectivity index (χ4n) is 2.27. The van der Waals surface area contributed by atoms with Gasteiger partial charge < -0.3 is 23.8 Å². The largest absolute Gasteiger partial charge is 0.454 e. The second kappa shape index (κ2) is 7.75. The summed E-state index contributed by atoms with van der Waals surface area (Å²) in [6, 6.07) is 0. The molecule has 10 heteroatoms. The Bertz CT molecular complexity index is 558. The van der Waals surface area contributed by atoms with Gasteiger partial charge in [-0.3, -0.25) is 24.0 Å². The van der Waals surface area contributed by atoms with Crippen LogP contribution in [0.15, 0.2) is 0 Å². The highest BCUT2D eigenvalue weighted by Gasteiger charge is 2.54. The van der Waals surface area contributed by atoms with Gasteiger partial charge in [-0.1, -0.05) is 0 Å². The lowest BCUT2D eigenvalue weighted by Crippen LogP contribution is -2.66. The SMILES string of the molecule is CC(=O)O[C@@H]1[C@H](OC(C)=O)[C@H](OC(C)=O)C(=O)N(C)[C@H]1OC(C)=O. The van der Waals surface area contributed by atoms with E-state index in [9.17, 15) is 24.0 Å². The van der Waals surface area contributed by atoms with Gasteiger partial charge in [0.15, 0.2) is 12.2 Å². The lowest BCUT2D eigenvalue weighted by atomic mass is 9.98. The number of hydrogen-bond acceptors (Lipinski definition) is 9. The molecule has 1 aliphatic rings. The number of esters is 4. The van der Waals surface area contributed by atoms with Gasteiger partial charge in [0.1, 0.15) is 0 Å². The molecule has 1 heterocycles. The monoisotopic (exact) mass is 345 g/mol. The number of amides is 1. The molecular formula is C14H19NO9. The third kappa shape index (κ3) is 4.67. The number of likely N-dealkylation sites (N-methyl/N-ethyl adjacent to an activating group) is 1. The van der Waals surface area contributed by atoms with Gasteiger partial charge in [-0.25, -0.2) is 0 Å². The van der Waals surface area contributed by atoms with Crippen LogP contribution in [-0.4, -0.2) is 66.3 Å². The van der Waals surface area contributed by atoms with Crippen molar-refractivity contribution in [1.82, 2.24) is 4.90 Å². The summed E-state index contributed by atoms with van der Waals surface area (Å²) < 4.78 is 20.0. The summed E-state index contributed by atoms with van der Waals surface area (Å²) in [6.07, 6.45) is -5.69. The third-order valence-corrected chi connectivity index (χ3v) is 3.06. The van der Waals surface area contributed by atoms with Crippen LogP contribution in [0.3, 0.4) is 0 Å². The standard InChI is InChI=1S/C14H19NO9/c1-6(16)21-10-11(22-7(2)17)13(20)15(5)14(24-9(4)19)12(10)23-8(3)18/h10-12,14H,1-5H3/t10-,11+,12-,14+/m1/s1. The fraction of sp³-hybridized carbons (Fsp3) is 0.643. The average molecular weight is 345 g/mol. The smallest absolute Gasteiger partial charge is 0.304 e. The first-order valence-corrected chi connectivity index (χ1v) is 7.00. The van der Waals surface area contributed by atoms with E-state index in [4.69, 9.17) is 18.9 Å². The van der Waals surface area contributed by atoms with E-state index >= 15 is 0 Å². The molecule has 0 spiro atoms. The Hall–Kier alpha value is -2.65. The summed E-state index contributed by atoms with van der Waals surface area (Å²) >= 11 is 0. The maximum Gasteiger partial charge on any atom is 0.304 e. The van der Waals surface area contributed by atoms with Crippen molar-refractivity contribution in [2.75, 3.05) is 7.05 Å². The highest BCUT2D eigenvalue weighted by molar-refractivity contribution is 5.86. The first-order chi connectivity index (χ1) is 11.0. The maximum atomic E-state index is 12.4. The Morgan fingerprint density at radius 3 is 1.58 bits per heavy atom. The molecule has 0 aromatic carbocycles. The predicted octanol–water partition coefficient (Wildman–Crippen LogP) is -0.857. The molecule has 1 amide bonds. The molecular weight excluding hydrogens is 326 g/mol. The molecule has 0 unspecified atom stereocenters. The Balaban J connectivity index is 3.31. The minimum absolute atomic E-state index is 0.746. The number of ether oxygens (including phenoxy) is 4. The minimum Gasteiger partial charge on any atom is -0.454 e. The Kier molecular flexibility index (Phi) is 6.27. The average Bonchev–Trinajstić information content (AvgIpc) is 2.42. The van der Waals surface area contributed by atoms with Gasteiger partial charge in [-0.2, -0.15) is 0 Å². The first-order valence-electron chi connectivity index (χ1n) is 7.00. The Labute approximate surface area is 137 Å². The number of nitrogens with zero attached hydrogens (tertiary/aromatic N) is 1. The number of likely N-dealkylation sites (tertiary alicyclic amines) is 1. The van der Waals surface area contributed by atoms with Crippen molar-refractivity contribution in [3.8, 4) is 0 Å². The first kappa shape index (κ1) is 19.4. The molecule has 0 saturated carbocycles. The van der Waals surface area contributed by atoms with Crippen LogP contribution in [0.5, 0.6) is 0 Å². The van der Waals surface area contributed by atoms with E-state index < -0.39 is 54.3 Å². The number of carbonyl (C=O) groups excluding carboxylic acids is 5. The molecule has 1 fully saturated rings. The second-order valence-electron chi connectivity index (χ2n) is 5.13. The molecule has 1 rings (SSSR count).